The van der Waals surface area contributed by atoms with Gasteiger partial charge in [0.25, 0.3) is 5.91 Å². The minimum atomic E-state index is -3.67. The molecule has 0 saturated heterocycles. The van der Waals surface area contributed by atoms with E-state index in [4.69, 9.17) is 0 Å². The molecule has 0 aliphatic carbocycles. The highest BCUT2D eigenvalue weighted by Gasteiger charge is 2.15. The Labute approximate surface area is 162 Å². The summed E-state index contributed by atoms with van der Waals surface area (Å²) in [6.07, 6.45) is 0.721. The van der Waals surface area contributed by atoms with Gasteiger partial charge in [-0.3, -0.25) is 4.79 Å². The van der Waals surface area contributed by atoms with Gasteiger partial charge in [-0.1, -0.05) is 30.3 Å². The molecule has 0 bridgehead atoms. The molecule has 0 radical (unpaired) electrons. The van der Waals surface area contributed by atoms with Crippen molar-refractivity contribution < 1.29 is 13.2 Å². The van der Waals surface area contributed by atoms with E-state index < -0.39 is 10.0 Å². The number of nitrogens with one attached hydrogen (secondary N) is 2. The van der Waals surface area contributed by atoms with E-state index in [-0.39, 0.29) is 17.3 Å². The Bertz CT molecular complexity index is 1010. The first-order valence-corrected chi connectivity index (χ1v) is 10.6. The van der Waals surface area contributed by atoms with Gasteiger partial charge in [-0.05, 0) is 29.8 Å². The number of carbonyl (C=O) groups is 1. The molecule has 27 heavy (non-hydrogen) atoms. The van der Waals surface area contributed by atoms with Crippen molar-refractivity contribution in [1.29, 1.82) is 0 Å². The number of rotatable bonds is 7. The first-order valence-electron chi connectivity index (χ1n) is 8.27. The van der Waals surface area contributed by atoms with Crippen molar-refractivity contribution in [3.63, 3.8) is 0 Å². The zero-order chi connectivity index (χ0) is 19.3. The van der Waals surface area contributed by atoms with E-state index >= 15 is 0 Å². The largest absolute Gasteiger partial charge is 0.355 e. The topological polar surface area (TPSA) is 88.2 Å². The van der Waals surface area contributed by atoms with Gasteiger partial charge in [0, 0.05) is 24.4 Å². The lowest BCUT2D eigenvalue weighted by Gasteiger charge is -2.06. The monoisotopic (exact) mass is 401 g/mol. The molecule has 6 nitrogen and oxygen atoms in total. The molecular weight excluding hydrogens is 382 g/mol. The highest BCUT2D eigenvalue weighted by Crippen LogP contribution is 2.16. The third kappa shape index (κ3) is 5.00. The van der Waals surface area contributed by atoms with Gasteiger partial charge in [-0.2, -0.15) is 0 Å². The Morgan fingerprint density at radius 1 is 1.07 bits per heavy atom. The van der Waals surface area contributed by atoms with Gasteiger partial charge in [0.2, 0.25) is 10.0 Å². The van der Waals surface area contributed by atoms with Gasteiger partial charge < -0.3 is 5.32 Å². The molecule has 1 aromatic heterocycles. The number of aromatic nitrogens is 1. The molecule has 2 aromatic carbocycles. The van der Waals surface area contributed by atoms with Gasteiger partial charge in [0.1, 0.15) is 0 Å². The highest BCUT2D eigenvalue weighted by atomic mass is 32.2. The lowest BCUT2D eigenvalue weighted by Crippen LogP contribution is -2.24. The second kappa shape index (κ2) is 8.43. The van der Waals surface area contributed by atoms with Crippen LogP contribution in [0.4, 0.5) is 0 Å². The molecule has 0 unspecified atom stereocenters. The minimum Gasteiger partial charge on any atom is -0.355 e. The molecule has 8 heteroatoms. The van der Waals surface area contributed by atoms with E-state index in [0.29, 0.717) is 11.3 Å². The molecule has 1 amide bonds. The molecule has 0 spiro atoms. The Morgan fingerprint density at radius 3 is 2.44 bits per heavy atom. The zero-order valence-electron chi connectivity index (χ0n) is 14.7. The van der Waals surface area contributed by atoms with Crippen LogP contribution in [0.5, 0.6) is 0 Å². The second-order valence-corrected chi connectivity index (χ2v) is 8.53. The number of carbonyl (C=O) groups excluding carboxylic acids is 1. The standard InChI is InChI=1S/C19H19N3O3S2/c1-20-19(23)15-7-9-17(10-8-15)27(24,25)21-12-16-13-26-18(22-16)11-14-5-3-2-4-6-14/h2-10,13,21H,11-12H2,1H3,(H,20,23). The summed E-state index contributed by atoms with van der Waals surface area (Å²) >= 11 is 1.51. The van der Waals surface area contributed by atoms with Crippen LogP contribution in [0, 0.1) is 0 Å². The number of hydrogen-bond acceptors (Lipinski definition) is 5. The fourth-order valence-corrected chi connectivity index (χ4v) is 4.29. The van der Waals surface area contributed by atoms with Crippen molar-refractivity contribution in [2.75, 3.05) is 7.05 Å². The predicted octanol–water partition coefficient (Wildman–Crippen LogP) is 2.57. The molecule has 3 rings (SSSR count). The van der Waals surface area contributed by atoms with Crippen LogP contribution in [0.15, 0.2) is 64.9 Å². The van der Waals surface area contributed by atoms with Crippen LogP contribution >= 0.6 is 11.3 Å². The van der Waals surface area contributed by atoms with Gasteiger partial charge in [0.15, 0.2) is 0 Å². The number of hydrogen-bond donors (Lipinski definition) is 2. The van der Waals surface area contributed by atoms with E-state index in [1.54, 1.807) is 0 Å². The van der Waals surface area contributed by atoms with Gasteiger partial charge >= 0.3 is 0 Å². The maximum atomic E-state index is 12.4. The summed E-state index contributed by atoms with van der Waals surface area (Å²) in [5, 5.41) is 5.29. The lowest BCUT2D eigenvalue weighted by molar-refractivity contribution is 0.0963. The van der Waals surface area contributed by atoms with Crippen molar-refractivity contribution in [1.82, 2.24) is 15.0 Å². The second-order valence-electron chi connectivity index (χ2n) is 5.82. The van der Waals surface area contributed by atoms with Crippen LogP contribution < -0.4 is 10.0 Å². The quantitative estimate of drug-likeness (QED) is 0.637. The summed E-state index contributed by atoms with van der Waals surface area (Å²) in [7, 11) is -2.15. The number of benzene rings is 2. The minimum absolute atomic E-state index is 0.106. The first kappa shape index (κ1) is 19.2. The number of sulfonamides is 1. The van der Waals surface area contributed by atoms with Crippen LogP contribution in [-0.2, 0) is 23.0 Å². The Kier molecular flexibility index (Phi) is 6.00. The molecular formula is C19H19N3O3S2. The maximum Gasteiger partial charge on any atom is 0.251 e. The van der Waals surface area contributed by atoms with Gasteiger partial charge in [-0.15, -0.1) is 11.3 Å². The summed E-state index contributed by atoms with van der Waals surface area (Å²) in [6.45, 7) is 0.116. The first-order chi connectivity index (χ1) is 13.0. The Morgan fingerprint density at radius 2 is 1.78 bits per heavy atom. The average Bonchev–Trinajstić information content (AvgIpc) is 3.14. The summed E-state index contributed by atoms with van der Waals surface area (Å²) in [4.78, 5) is 16.1. The Hall–Kier alpha value is -2.55. The smallest absolute Gasteiger partial charge is 0.251 e. The van der Waals surface area contributed by atoms with Crippen LogP contribution in [0.1, 0.15) is 26.6 Å². The number of amides is 1. The van der Waals surface area contributed by atoms with Crippen molar-refractivity contribution in [2.45, 2.75) is 17.9 Å². The van der Waals surface area contributed by atoms with E-state index in [2.05, 4.69) is 15.0 Å². The maximum absolute atomic E-state index is 12.4. The predicted molar refractivity (Wildman–Crippen MR) is 105 cm³/mol. The normalized spacial score (nSPS) is 11.3. The fraction of sp³-hybridized carbons (Fsp3) is 0.158. The van der Waals surface area contributed by atoms with Gasteiger partial charge in [-0.25, -0.2) is 18.1 Å². The fourth-order valence-electron chi connectivity index (χ4n) is 2.46. The molecule has 0 aliphatic rings. The van der Waals surface area contributed by atoms with E-state index in [9.17, 15) is 13.2 Å². The highest BCUT2D eigenvalue weighted by molar-refractivity contribution is 7.89. The van der Waals surface area contributed by atoms with Crippen molar-refractivity contribution in [2.24, 2.45) is 0 Å². The van der Waals surface area contributed by atoms with Gasteiger partial charge in [0.05, 0.1) is 22.1 Å². The van der Waals surface area contributed by atoms with E-state index in [1.165, 1.54) is 42.6 Å². The van der Waals surface area contributed by atoms with Crippen molar-refractivity contribution >= 4 is 27.3 Å². The van der Waals surface area contributed by atoms with E-state index in [0.717, 1.165) is 17.0 Å². The molecule has 2 N–H and O–H groups in total. The third-order valence-electron chi connectivity index (χ3n) is 3.89. The summed E-state index contributed by atoms with van der Waals surface area (Å²) in [5.74, 6) is -0.264. The van der Waals surface area contributed by atoms with Crippen molar-refractivity contribution in [3.8, 4) is 0 Å². The van der Waals surface area contributed by atoms with Crippen LogP contribution in [-0.4, -0.2) is 26.4 Å². The zero-order valence-corrected chi connectivity index (χ0v) is 16.3. The molecule has 0 atom stereocenters. The molecule has 0 fully saturated rings. The van der Waals surface area contributed by atoms with Crippen LogP contribution in [0.25, 0.3) is 0 Å². The third-order valence-corrected chi connectivity index (χ3v) is 6.21. The molecule has 1 heterocycles. The van der Waals surface area contributed by atoms with Crippen molar-refractivity contribution in [3.05, 3.63) is 81.8 Å². The van der Waals surface area contributed by atoms with Crippen LogP contribution in [0.2, 0.25) is 0 Å². The van der Waals surface area contributed by atoms with E-state index in [1.807, 2.05) is 35.7 Å². The molecule has 0 saturated carbocycles. The number of thiazole rings is 1. The average molecular weight is 402 g/mol. The lowest BCUT2D eigenvalue weighted by atomic mass is 10.2. The molecule has 0 aliphatic heterocycles. The molecule has 140 valence electrons. The summed E-state index contributed by atoms with van der Waals surface area (Å²) < 4.78 is 27.4. The van der Waals surface area contributed by atoms with Crippen LogP contribution in [0.3, 0.4) is 0 Å². The molecule has 3 aromatic rings. The Balaban J connectivity index is 1.63. The summed E-state index contributed by atoms with van der Waals surface area (Å²) in [6, 6.07) is 15.8. The number of nitrogens with zero attached hydrogens (tertiary/aromatic N) is 1. The SMILES string of the molecule is CNC(=O)c1ccc(S(=O)(=O)NCc2csc(Cc3ccccc3)n2)cc1. The summed E-state index contributed by atoms with van der Waals surface area (Å²) in [5.41, 5.74) is 2.24.